The van der Waals surface area contributed by atoms with Gasteiger partial charge in [-0.05, 0) is 48.4 Å². The van der Waals surface area contributed by atoms with Crippen molar-refractivity contribution in [3.05, 3.63) is 64.9 Å². The number of hydrogen-bond acceptors (Lipinski definition) is 2. The van der Waals surface area contributed by atoms with E-state index in [-0.39, 0.29) is 18.0 Å². The number of hydrazine groups is 1. The van der Waals surface area contributed by atoms with Crippen molar-refractivity contribution in [2.24, 2.45) is 0 Å². The molecule has 0 aliphatic carbocycles. The highest BCUT2D eigenvalue weighted by atomic mass is 35.5. The maximum atomic E-state index is 13.3. The van der Waals surface area contributed by atoms with E-state index in [4.69, 9.17) is 11.6 Å². The number of fused-ring (bicyclic) bond motifs is 1. The third-order valence-corrected chi connectivity index (χ3v) is 4.55. The minimum Gasteiger partial charge on any atom is -0.271 e. The monoisotopic (exact) mass is 331 g/mol. The van der Waals surface area contributed by atoms with Crippen molar-refractivity contribution in [1.29, 1.82) is 0 Å². The Bertz CT molecular complexity index is 735. The SMILES string of the molecule is O=C1N(c2ccc(Cl)cc2)[C@@H](c2ccc(F)cc2)N2CCCN12. The molecule has 4 rings (SSSR count). The van der Waals surface area contributed by atoms with Gasteiger partial charge in [-0.2, -0.15) is 5.01 Å². The van der Waals surface area contributed by atoms with Crippen molar-refractivity contribution in [3.63, 3.8) is 0 Å². The maximum absolute atomic E-state index is 13.3. The predicted molar refractivity (Wildman–Crippen MR) is 86.5 cm³/mol. The van der Waals surface area contributed by atoms with E-state index in [2.05, 4.69) is 0 Å². The Morgan fingerprint density at radius 3 is 2.39 bits per heavy atom. The third kappa shape index (κ3) is 2.36. The number of hydrogen-bond donors (Lipinski definition) is 0. The maximum Gasteiger partial charge on any atom is 0.340 e. The smallest absolute Gasteiger partial charge is 0.271 e. The summed E-state index contributed by atoms with van der Waals surface area (Å²) < 4.78 is 13.3. The van der Waals surface area contributed by atoms with Gasteiger partial charge in [-0.3, -0.25) is 9.91 Å². The Balaban J connectivity index is 1.79. The van der Waals surface area contributed by atoms with E-state index in [0.29, 0.717) is 11.6 Å². The molecule has 2 fully saturated rings. The molecule has 118 valence electrons. The number of halogens is 2. The Labute approximate surface area is 138 Å². The van der Waals surface area contributed by atoms with Crippen LogP contribution in [0.15, 0.2) is 48.5 Å². The second-order valence-electron chi connectivity index (χ2n) is 5.69. The highest BCUT2D eigenvalue weighted by Crippen LogP contribution is 2.40. The van der Waals surface area contributed by atoms with E-state index in [1.807, 2.05) is 17.1 Å². The summed E-state index contributed by atoms with van der Waals surface area (Å²) in [4.78, 5) is 14.6. The van der Waals surface area contributed by atoms with Crippen LogP contribution >= 0.6 is 11.6 Å². The van der Waals surface area contributed by atoms with Crippen LogP contribution in [0.4, 0.5) is 14.9 Å². The lowest BCUT2D eigenvalue weighted by Crippen LogP contribution is -2.32. The van der Waals surface area contributed by atoms with Crippen molar-refractivity contribution in [2.45, 2.75) is 12.6 Å². The highest BCUT2D eigenvalue weighted by molar-refractivity contribution is 6.30. The van der Waals surface area contributed by atoms with Gasteiger partial charge in [0.25, 0.3) is 0 Å². The van der Waals surface area contributed by atoms with Crippen molar-refractivity contribution in [2.75, 3.05) is 18.0 Å². The Morgan fingerprint density at radius 2 is 1.70 bits per heavy atom. The molecule has 2 aromatic rings. The highest BCUT2D eigenvalue weighted by Gasteiger charge is 2.47. The minimum atomic E-state index is -0.283. The van der Waals surface area contributed by atoms with Crippen LogP contribution in [-0.4, -0.2) is 29.1 Å². The fourth-order valence-electron chi connectivity index (χ4n) is 3.26. The summed E-state index contributed by atoms with van der Waals surface area (Å²) in [5, 5.41) is 4.44. The molecule has 2 aromatic carbocycles. The van der Waals surface area contributed by atoms with Gasteiger partial charge in [0.2, 0.25) is 0 Å². The van der Waals surface area contributed by atoms with Gasteiger partial charge in [0.15, 0.2) is 0 Å². The first-order valence-corrected chi connectivity index (χ1v) is 7.91. The third-order valence-electron chi connectivity index (χ3n) is 4.29. The topological polar surface area (TPSA) is 26.8 Å². The number of anilines is 1. The normalized spacial score (nSPS) is 21.1. The Morgan fingerprint density at radius 1 is 1.00 bits per heavy atom. The first-order chi connectivity index (χ1) is 11.1. The van der Waals surface area contributed by atoms with Crippen LogP contribution in [0.25, 0.3) is 0 Å². The number of benzene rings is 2. The van der Waals surface area contributed by atoms with E-state index in [0.717, 1.165) is 24.2 Å². The van der Waals surface area contributed by atoms with Crippen LogP contribution in [0.1, 0.15) is 18.2 Å². The zero-order chi connectivity index (χ0) is 16.0. The molecule has 2 amide bonds. The number of rotatable bonds is 2. The average Bonchev–Trinajstić information content (AvgIpc) is 3.12. The zero-order valence-electron chi connectivity index (χ0n) is 12.3. The van der Waals surface area contributed by atoms with Crippen LogP contribution in [-0.2, 0) is 0 Å². The van der Waals surface area contributed by atoms with Gasteiger partial charge in [-0.25, -0.2) is 9.18 Å². The van der Waals surface area contributed by atoms with Crippen LogP contribution in [0.2, 0.25) is 5.02 Å². The summed E-state index contributed by atoms with van der Waals surface area (Å²) in [7, 11) is 0. The molecule has 6 heteroatoms. The van der Waals surface area contributed by atoms with Gasteiger partial charge < -0.3 is 0 Å². The molecule has 4 nitrogen and oxygen atoms in total. The van der Waals surface area contributed by atoms with Gasteiger partial charge in [0.05, 0.1) is 0 Å². The first-order valence-electron chi connectivity index (χ1n) is 7.53. The summed E-state index contributed by atoms with van der Waals surface area (Å²) in [5.41, 5.74) is 1.67. The van der Waals surface area contributed by atoms with Gasteiger partial charge in [-0.15, -0.1) is 0 Å². The Kier molecular flexibility index (Phi) is 3.47. The van der Waals surface area contributed by atoms with Gasteiger partial charge in [-0.1, -0.05) is 23.7 Å². The lowest BCUT2D eigenvalue weighted by molar-refractivity contribution is 0.0727. The standard InChI is InChI=1S/C17H15ClFN3O/c18-13-4-8-15(9-5-13)22-16(12-2-6-14(19)7-3-12)20-10-1-11-21(20)17(22)23/h2-9,16H,1,10-11H2/t16-/m0/s1. The van der Waals surface area contributed by atoms with Gasteiger partial charge in [0.1, 0.15) is 12.0 Å². The van der Waals surface area contributed by atoms with Crippen molar-refractivity contribution < 1.29 is 9.18 Å². The molecule has 2 saturated heterocycles. The predicted octanol–water partition coefficient (Wildman–Crippen LogP) is 4.04. The lowest BCUT2D eigenvalue weighted by atomic mass is 10.1. The molecule has 0 bridgehead atoms. The number of nitrogens with zero attached hydrogens (tertiary/aromatic N) is 3. The lowest BCUT2D eigenvalue weighted by Gasteiger charge is -2.28. The molecule has 23 heavy (non-hydrogen) atoms. The number of carbonyl (C=O) groups excluding carboxylic acids is 1. The summed E-state index contributed by atoms with van der Waals surface area (Å²) in [6, 6.07) is 13.5. The first kappa shape index (κ1) is 14.5. The molecule has 0 radical (unpaired) electrons. The van der Waals surface area contributed by atoms with E-state index in [1.54, 1.807) is 34.2 Å². The van der Waals surface area contributed by atoms with Gasteiger partial charge >= 0.3 is 6.03 Å². The molecule has 0 N–H and O–H groups in total. The molecule has 1 atom stereocenters. The number of carbonyl (C=O) groups is 1. The Hall–Kier alpha value is -2.11. The molecule has 2 aliphatic rings. The minimum absolute atomic E-state index is 0.0563. The molecular formula is C17H15ClFN3O. The second kappa shape index (κ2) is 5.51. The van der Waals surface area contributed by atoms with Crippen molar-refractivity contribution in [3.8, 4) is 0 Å². The van der Waals surface area contributed by atoms with E-state index >= 15 is 0 Å². The average molecular weight is 332 g/mol. The van der Waals surface area contributed by atoms with Crippen molar-refractivity contribution in [1.82, 2.24) is 10.0 Å². The fourth-order valence-corrected chi connectivity index (χ4v) is 3.39. The number of urea groups is 1. The molecule has 0 unspecified atom stereocenters. The summed E-state index contributed by atoms with van der Waals surface area (Å²) in [5.74, 6) is -0.283. The summed E-state index contributed by atoms with van der Waals surface area (Å²) >= 11 is 5.96. The largest absolute Gasteiger partial charge is 0.340 e. The molecule has 2 aliphatic heterocycles. The van der Waals surface area contributed by atoms with E-state index in [1.165, 1.54) is 12.1 Å². The van der Waals surface area contributed by atoms with Gasteiger partial charge in [0, 0.05) is 23.8 Å². The number of amides is 2. The molecule has 2 heterocycles. The van der Waals surface area contributed by atoms with Crippen LogP contribution < -0.4 is 4.90 Å². The quantitative estimate of drug-likeness (QED) is 0.830. The van der Waals surface area contributed by atoms with Crippen LogP contribution in [0.5, 0.6) is 0 Å². The van der Waals surface area contributed by atoms with E-state index < -0.39 is 0 Å². The van der Waals surface area contributed by atoms with Crippen molar-refractivity contribution >= 4 is 23.3 Å². The molecule has 0 saturated carbocycles. The van der Waals surface area contributed by atoms with Crippen LogP contribution in [0.3, 0.4) is 0 Å². The second-order valence-corrected chi connectivity index (χ2v) is 6.13. The van der Waals surface area contributed by atoms with E-state index in [9.17, 15) is 9.18 Å². The van der Waals surface area contributed by atoms with Crippen LogP contribution in [0, 0.1) is 5.82 Å². The molecule has 0 spiro atoms. The molecule has 0 aromatic heterocycles. The summed E-state index contributed by atoms with van der Waals surface area (Å²) in [6.07, 6.45) is 0.685. The molecular weight excluding hydrogens is 317 g/mol. The summed E-state index contributed by atoms with van der Waals surface area (Å²) in [6.45, 7) is 1.51. The fraction of sp³-hybridized carbons (Fsp3) is 0.235. The zero-order valence-corrected chi connectivity index (χ0v) is 13.1.